The van der Waals surface area contributed by atoms with Crippen molar-refractivity contribution >= 4 is 15.7 Å². The van der Waals surface area contributed by atoms with Gasteiger partial charge < -0.3 is 9.64 Å². The van der Waals surface area contributed by atoms with Crippen LogP contribution in [-0.4, -0.2) is 46.5 Å². The molecule has 0 saturated carbocycles. The van der Waals surface area contributed by atoms with Crippen molar-refractivity contribution in [2.45, 2.75) is 25.9 Å². The Hall–Kier alpha value is -1.11. The Bertz CT molecular complexity index is 519. The third-order valence-corrected chi connectivity index (χ3v) is 5.11. The number of nitrogens with one attached hydrogen (secondary N) is 1. The second kappa shape index (κ2) is 7.77. The Morgan fingerprint density at radius 2 is 2.10 bits per heavy atom. The van der Waals surface area contributed by atoms with Crippen LogP contribution in [0.3, 0.4) is 0 Å². The van der Waals surface area contributed by atoms with Gasteiger partial charge in [-0.25, -0.2) is 13.1 Å². The van der Waals surface area contributed by atoms with Crippen molar-refractivity contribution in [1.29, 1.82) is 0 Å². The Labute approximate surface area is 127 Å². The van der Waals surface area contributed by atoms with E-state index in [0.29, 0.717) is 26.0 Å². The summed E-state index contributed by atoms with van der Waals surface area (Å²) in [6, 6.07) is 10.2. The van der Waals surface area contributed by atoms with Gasteiger partial charge in [0.15, 0.2) is 0 Å². The number of hydrogen-bond acceptors (Lipinski definition) is 4. The molecule has 21 heavy (non-hydrogen) atoms. The fraction of sp³-hybridized carbons (Fsp3) is 0.600. The SMILES string of the molecule is CCCS(=O)(=O)NCCC1CN(c2ccccc2)CCO1. The zero-order valence-corrected chi connectivity index (χ0v) is 13.3. The summed E-state index contributed by atoms with van der Waals surface area (Å²) in [6.07, 6.45) is 1.41. The van der Waals surface area contributed by atoms with Crippen LogP contribution in [0.2, 0.25) is 0 Å². The molecule has 6 heteroatoms. The van der Waals surface area contributed by atoms with Crippen molar-refractivity contribution in [2.75, 3.05) is 36.9 Å². The van der Waals surface area contributed by atoms with Crippen LogP contribution in [-0.2, 0) is 14.8 Å². The first-order chi connectivity index (χ1) is 10.1. The second-order valence-electron chi connectivity index (χ2n) is 5.28. The molecule has 1 heterocycles. The molecule has 0 aliphatic carbocycles. The molecule has 1 aliphatic rings. The van der Waals surface area contributed by atoms with Crippen molar-refractivity contribution in [3.05, 3.63) is 30.3 Å². The smallest absolute Gasteiger partial charge is 0.211 e. The molecule has 0 radical (unpaired) electrons. The number of ether oxygens (including phenoxy) is 1. The number of nitrogens with zero attached hydrogens (tertiary/aromatic N) is 1. The highest BCUT2D eigenvalue weighted by molar-refractivity contribution is 7.89. The van der Waals surface area contributed by atoms with E-state index >= 15 is 0 Å². The molecule has 1 aromatic rings. The van der Waals surface area contributed by atoms with Gasteiger partial charge in [0.25, 0.3) is 0 Å². The van der Waals surface area contributed by atoms with E-state index in [2.05, 4.69) is 21.8 Å². The normalized spacial score (nSPS) is 19.7. The van der Waals surface area contributed by atoms with E-state index in [0.717, 1.165) is 13.1 Å². The number of hydrogen-bond donors (Lipinski definition) is 1. The maximum absolute atomic E-state index is 11.6. The highest BCUT2D eigenvalue weighted by Gasteiger charge is 2.21. The van der Waals surface area contributed by atoms with Crippen LogP contribution in [0.1, 0.15) is 19.8 Å². The van der Waals surface area contributed by atoms with E-state index in [9.17, 15) is 8.42 Å². The molecule has 2 rings (SSSR count). The predicted octanol–water partition coefficient (Wildman–Crippen LogP) is 1.61. The third-order valence-electron chi connectivity index (χ3n) is 3.52. The summed E-state index contributed by atoms with van der Waals surface area (Å²) < 4.78 is 31.6. The van der Waals surface area contributed by atoms with Gasteiger partial charge in [-0.1, -0.05) is 25.1 Å². The summed E-state index contributed by atoms with van der Waals surface area (Å²) in [5.41, 5.74) is 1.19. The van der Waals surface area contributed by atoms with Crippen LogP contribution in [0.5, 0.6) is 0 Å². The largest absolute Gasteiger partial charge is 0.374 e. The average Bonchev–Trinajstić information content (AvgIpc) is 2.48. The summed E-state index contributed by atoms with van der Waals surface area (Å²) in [5, 5.41) is 0. The lowest BCUT2D eigenvalue weighted by atomic mass is 10.2. The lowest BCUT2D eigenvalue weighted by Gasteiger charge is -2.34. The molecule has 1 unspecified atom stereocenters. The number of rotatable bonds is 7. The van der Waals surface area contributed by atoms with Crippen LogP contribution in [0.4, 0.5) is 5.69 Å². The van der Waals surface area contributed by atoms with Gasteiger partial charge in [-0.2, -0.15) is 0 Å². The van der Waals surface area contributed by atoms with Crippen molar-refractivity contribution in [2.24, 2.45) is 0 Å². The van der Waals surface area contributed by atoms with Gasteiger partial charge >= 0.3 is 0 Å². The second-order valence-corrected chi connectivity index (χ2v) is 7.20. The van der Waals surface area contributed by atoms with E-state index < -0.39 is 10.0 Å². The summed E-state index contributed by atoms with van der Waals surface area (Å²) >= 11 is 0. The van der Waals surface area contributed by atoms with Gasteiger partial charge in [0, 0.05) is 25.3 Å². The zero-order valence-electron chi connectivity index (χ0n) is 12.5. The van der Waals surface area contributed by atoms with Crippen molar-refractivity contribution in [3.63, 3.8) is 0 Å². The average molecular weight is 312 g/mol. The number of morpholine rings is 1. The fourth-order valence-corrected chi connectivity index (χ4v) is 3.59. The van der Waals surface area contributed by atoms with E-state index in [4.69, 9.17) is 4.74 Å². The van der Waals surface area contributed by atoms with Crippen LogP contribution in [0.15, 0.2) is 30.3 Å². The van der Waals surface area contributed by atoms with Gasteiger partial charge in [-0.05, 0) is 25.0 Å². The number of benzene rings is 1. The highest BCUT2D eigenvalue weighted by Crippen LogP contribution is 2.18. The molecule has 118 valence electrons. The maximum atomic E-state index is 11.6. The minimum atomic E-state index is -3.12. The number of sulfonamides is 1. The Morgan fingerprint density at radius 3 is 2.81 bits per heavy atom. The van der Waals surface area contributed by atoms with Crippen LogP contribution >= 0.6 is 0 Å². The lowest BCUT2D eigenvalue weighted by Crippen LogP contribution is -2.44. The number of para-hydroxylation sites is 1. The molecule has 1 saturated heterocycles. The maximum Gasteiger partial charge on any atom is 0.211 e. The first kappa shape index (κ1) is 16.3. The molecule has 0 aromatic heterocycles. The molecular weight excluding hydrogens is 288 g/mol. The monoisotopic (exact) mass is 312 g/mol. The fourth-order valence-electron chi connectivity index (χ4n) is 2.48. The molecular formula is C15H24N2O3S. The standard InChI is InChI=1S/C15H24N2O3S/c1-2-12-21(18,19)16-9-8-15-13-17(10-11-20-15)14-6-4-3-5-7-14/h3-7,15-16H,2,8-13H2,1H3. The van der Waals surface area contributed by atoms with Crippen molar-refractivity contribution < 1.29 is 13.2 Å². The van der Waals surface area contributed by atoms with E-state index in [1.807, 2.05) is 25.1 Å². The summed E-state index contributed by atoms with van der Waals surface area (Å²) in [6.45, 7) is 4.67. The Kier molecular flexibility index (Phi) is 6.02. The van der Waals surface area contributed by atoms with Gasteiger partial charge in [-0.3, -0.25) is 0 Å². The van der Waals surface area contributed by atoms with Crippen molar-refractivity contribution in [1.82, 2.24) is 4.72 Å². The first-order valence-corrected chi connectivity index (χ1v) is 9.15. The molecule has 5 nitrogen and oxygen atoms in total. The van der Waals surface area contributed by atoms with E-state index in [1.54, 1.807) is 0 Å². The molecule has 1 aliphatic heterocycles. The molecule has 0 amide bonds. The van der Waals surface area contributed by atoms with Gasteiger partial charge in [0.05, 0.1) is 18.5 Å². The van der Waals surface area contributed by atoms with Crippen molar-refractivity contribution in [3.8, 4) is 0 Å². The summed E-state index contributed by atoms with van der Waals surface area (Å²) in [4.78, 5) is 2.29. The van der Waals surface area contributed by atoms with E-state index in [-0.39, 0.29) is 11.9 Å². The van der Waals surface area contributed by atoms with Gasteiger partial charge in [0.1, 0.15) is 0 Å². The third kappa shape index (κ3) is 5.30. The zero-order chi connectivity index (χ0) is 15.1. The van der Waals surface area contributed by atoms with Crippen LogP contribution in [0.25, 0.3) is 0 Å². The molecule has 0 bridgehead atoms. The number of anilines is 1. The topological polar surface area (TPSA) is 58.6 Å². The molecule has 1 atom stereocenters. The molecule has 1 aromatic carbocycles. The Balaban J connectivity index is 1.80. The first-order valence-electron chi connectivity index (χ1n) is 7.49. The molecule has 1 fully saturated rings. The van der Waals surface area contributed by atoms with Gasteiger partial charge in [0.2, 0.25) is 10.0 Å². The lowest BCUT2D eigenvalue weighted by molar-refractivity contribution is 0.0363. The highest BCUT2D eigenvalue weighted by atomic mass is 32.2. The molecule has 0 spiro atoms. The quantitative estimate of drug-likeness (QED) is 0.831. The minimum Gasteiger partial charge on any atom is -0.374 e. The summed E-state index contributed by atoms with van der Waals surface area (Å²) in [7, 11) is -3.12. The van der Waals surface area contributed by atoms with Crippen LogP contribution < -0.4 is 9.62 Å². The van der Waals surface area contributed by atoms with E-state index in [1.165, 1.54) is 5.69 Å². The summed E-state index contributed by atoms with van der Waals surface area (Å²) in [5.74, 6) is 0.189. The van der Waals surface area contributed by atoms with Crippen LogP contribution in [0, 0.1) is 0 Å². The predicted molar refractivity (Wildman–Crippen MR) is 85.1 cm³/mol. The minimum absolute atomic E-state index is 0.0725. The van der Waals surface area contributed by atoms with Gasteiger partial charge in [-0.15, -0.1) is 0 Å². The molecule has 1 N–H and O–H groups in total. The Morgan fingerprint density at radius 1 is 1.33 bits per heavy atom.